The molecular formula is C6H15KO6. The molecule has 7 heteroatoms. The van der Waals surface area contributed by atoms with Crippen molar-refractivity contribution in [1.29, 1.82) is 0 Å². The molecule has 0 rings (SSSR count). The van der Waals surface area contributed by atoms with Crippen LogP contribution < -0.4 is 0 Å². The molecule has 0 radical (unpaired) electrons. The van der Waals surface area contributed by atoms with E-state index >= 15 is 0 Å². The molecule has 0 atom stereocenters. The zero-order valence-corrected chi connectivity index (χ0v) is 7.18. The molecule has 76 valence electrons. The van der Waals surface area contributed by atoms with Crippen molar-refractivity contribution in [1.82, 2.24) is 0 Å². The third-order valence-corrected chi connectivity index (χ3v) is 0. The van der Waals surface area contributed by atoms with Gasteiger partial charge in [0.05, 0.1) is 0 Å². The Bertz CT molecular complexity index is 102. The van der Waals surface area contributed by atoms with Crippen LogP contribution in [0.5, 0.6) is 0 Å². The normalized spacial score (nSPS) is 6.46. The first-order valence-electron chi connectivity index (χ1n) is 3.03. The molecule has 0 aliphatic carbocycles. The van der Waals surface area contributed by atoms with Crippen LogP contribution in [0.2, 0.25) is 0 Å². The van der Waals surface area contributed by atoms with Crippen molar-refractivity contribution in [2.45, 2.75) is 20.8 Å². The van der Waals surface area contributed by atoms with Crippen LogP contribution in [0.1, 0.15) is 20.8 Å². The van der Waals surface area contributed by atoms with Gasteiger partial charge in [0.15, 0.2) is 0 Å². The van der Waals surface area contributed by atoms with E-state index in [1.807, 2.05) is 0 Å². The minimum absolute atomic E-state index is 0. The summed E-state index contributed by atoms with van der Waals surface area (Å²) in [5.74, 6) is 0.833. The molecule has 6 nitrogen and oxygen atoms in total. The van der Waals surface area contributed by atoms with Gasteiger partial charge in [-0.15, -0.1) is 0 Å². The molecule has 13 heavy (non-hydrogen) atoms. The van der Waals surface area contributed by atoms with E-state index in [-0.39, 0.29) is 51.4 Å². The second-order valence-electron chi connectivity index (χ2n) is 2.30. The summed E-state index contributed by atoms with van der Waals surface area (Å²) >= 11 is 0. The summed E-state index contributed by atoms with van der Waals surface area (Å²) in [6.07, 6.45) is -3.67. The first kappa shape index (κ1) is 23.2. The van der Waals surface area contributed by atoms with E-state index in [0.29, 0.717) is 0 Å². The zero-order chi connectivity index (χ0) is 10.7. The van der Waals surface area contributed by atoms with E-state index in [1.165, 1.54) is 0 Å². The van der Waals surface area contributed by atoms with Crippen LogP contribution in [-0.2, 0) is 0 Å². The molecule has 0 aromatic heterocycles. The van der Waals surface area contributed by atoms with Gasteiger partial charge in [0, 0.05) is 0 Å². The number of carboxylic acid groups (broad SMARTS) is 4. The molecule has 0 aliphatic rings. The van der Waals surface area contributed by atoms with Crippen molar-refractivity contribution in [2.24, 2.45) is 5.92 Å². The fourth-order valence-corrected chi connectivity index (χ4v) is 0. The first-order chi connectivity index (χ1) is 5.20. The van der Waals surface area contributed by atoms with Crippen molar-refractivity contribution < 1.29 is 30.0 Å². The van der Waals surface area contributed by atoms with Crippen LogP contribution in [0.3, 0.4) is 0 Å². The Hall–Kier alpha value is 0.176. The van der Waals surface area contributed by atoms with Crippen molar-refractivity contribution in [3.63, 3.8) is 0 Å². The van der Waals surface area contributed by atoms with Gasteiger partial charge in [0.2, 0.25) is 0 Å². The summed E-state index contributed by atoms with van der Waals surface area (Å²) in [5.41, 5.74) is 0. The van der Waals surface area contributed by atoms with Gasteiger partial charge in [-0.3, -0.25) is 0 Å². The first-order valence-corrected chi connectivity index (χ1v) is 3.03. The predicted octanol–water partition coefficient (Wildman–Crippen LogP) is 1.46. The second kappa shape index (κ2) is 18.1. The molecule has 4 N–H and O–H groups in total. The Morgan fingerprint density at radius 3 is 0.846 bits per heavy atom. The van der Waals surface area contributed by atoms with Crippen LogP contribution in [-0.4, -0.2) is 84.1 Å². The standard InChI is InChI=1S/C4H10.2CH2O3.K.H/c1-4(2)3;2*2-1(3)4;;/h4H,1-3H3;2*(H2,2,3,4);;. The van der Waals surface area contributed by atoms with Gasteiger partial charge in [0.25, 0.3) is 0 Å². The third kappa shape index (κ3) is 40500. The molecule has 0 spiro atoms. The van der Waals surface area contributed by atoms with Gasteiger partial charge < -0.3 is 20.4 Å². The summed E-state index contributed by atoms with van der Waals surface area (Å²) in [5, 5.41) is 27.9. The van der Waals surface area contributed by atoms with Crippen LogP contribution >= 0.6 is 0 Å². The average Bonchev–Trinajstić information content (AvgIpc) is 1.54. The molecule has 0 aromatic carbocycles. The zero-order valence-electron chi connectivity index (χ0n) is 7.18. The van der Waals surface area contributed by atoms with E-state index in [1.54, 1.807) is 0 Å². The predicted molar refractivity (Wildman–Crippen MR) is 49.0 cm³/mol. The van der Waals surface area contributed by atoms with Crippen molar-refractivity contribution in [3.8, 4) is 0 Å². The van der Waals surface area contributed by atoms with E-state index in [9.17, 15) is 0 Å². The maximum absolute atomic E-state index is 8.56. The molecule has 0 unspecified atom stereocenters. The quantitative estimate of drug-likeness (QED) is 0.461. The molecule has 0 fully saturated rings. The fraction of sp³-hybridized carbons (Fsp3) is 0.667. The van der Waals surface area contributed by atoms with Gasteiger partial charge in [-0.25, -0.2) is 9.59 Å². The SMILES string of the molecule is CC(C)C.O=C(O)O.O=C(O)O.[KH]. The van der Waals surface area contributed by atoms with E-state index in [2.05, 4.69) is 20.8 Å². The van der Waals surface area contributed by atoms with Crippen LogP contribution in [0, 0.1) is 5.92 Å². The number of hydrogen-bond acceptors (Lipinski definition) is 2. The van der Waals surface area contributed by atoms with E-state index in [0.717, 1.165) is 5.92 Å². The van der Waals surface area contributed by atoms with Gasteiger partial charge in [0.1, 0.15) is 0 Å². The molecule has 0 heterocycles. The van der Waals surface area contributed by atoms with Crippen molar-refractivity contribution in [3.05, 3.63) is 0 Å². The summed E-state index contributed by atoms with van der Waals surface area (Å²) in [6, 6.07) is 0. The molecule has 0 saturated heterocycles. The Labute approximate surface area is 119 Å². The molecule has 0 aromatic rings. The monoisotopic (exact) mass is 222 g/mol. The third-order valence-electron chi connectivity index (χ3n) is 0. The van der Waals surface area contributed by atoms with Crippen LogP contribution in [0.25, 0.3) is 0 Å². The Kier molecular flexibility index (Phi) is 32.2. The van der Waals surface area contributed by atoms with Gasteiger partial charge in [-0.2, -0.15) is 0 Å². The Balaban J connectivity index is -0.0000000450. The maximum atomic E-state index is 8.56. The summed E-state index contributed by atoms with van der Waals surface area (Å²) < 4.78 is 0. The average molecular weight is 222 g/mol. The Morgan fingerprint density at radius 2 is 0.846 bits per heavy atom. The summed E-state index contributed by atoms with van der Waals surface area (Å²) in [6.45, 7) is 6.50. The Morgan fingerprint density at radius 1 is 0.846 bits per heavy atom. The van der Waals surface area contributed by atoms with Crippen LogP contribution in [0.4, 0.5) is 9.59 Å². The fourth-order valence-electron chi connectivity index (χ4n) is 0. The van der Waals surface area contributed by atoms with Crippen molar-refractivity contribution >= 4 is 63.7 Å². The second-order valence-corrected chi connectivity index (χ2v) is 2.30. The minimum atomic E-state index is -1.83. The molecule has 0 amide bonds. The van der Waals surface area contributed by atoms with E-state index < -0.39 is 12.3 Å². The topological polar surface area (TPSA) is 115 Å². The van der Waals surface area contributed by atoms with E-state index in [4.69, 9.17) is 30.0 Å². The molecular weight excluding hydrogens is 207 g/mol. The van der Waals surface area contributed by atoms with Gasteiger partial charge in [-0.1, -0.05) is 20.8 Å². The van der Waals surface area contributed by atoms with Crippen LogP contribution in [0.15, 0.2) is 0 Å². The number of carbonyl (C=O) groups is 2. The summed E-state index contributed by atoms with van der Waals surface area (Å²) in [4.78, 5) is 17.1. The molecule has 0 saturated carbocycles. The number of hydrogen-bond donors (Lipinski definition) is 4. The molecule has 0 bridgehead atoms. The number of rotatable bonds is 0. The van der Waals surface area contributed by atoms with Gasteiger partial charge >= 0.3 is 63.7 Å². The van der Waals surface area contributed by atoms with Gasteiger partial charge in [-0.05, 0) is 5.92 Å². The van der Waals surface area contributed by atoms with Crippen molar-refractivity contribution in [2.75, 3.05) is 0 Å². The molecule has 0 aliphatic heterocycles. The summed E-state index contributed by atoms with van der Waals surface area (Å²) in [7, 11) is 0.